The van der Waals surface area contributed by atoms with Crippen LogP contribution in [0.5, 0.6) is 0 Å². The van der Waals surface area contributed by atoms with Crippen molar-refractivity contribution < 1.29 is 0 Å². The Kier molecular flexibility index (Phi) is 3.27. The molecule has 1 nitrogen and oxygen atoms in total. The van der Waals surface area contributed by atoms with E-state index in [0.29, 0.717) is 5.41 Å². The second-order valence-corrected chi connectivity index (χ2v) is 7.33. The van der Waals surface area contributed by atoms with Crippen LogP contribution in [0, 0.1) is 11.8 Å². The maximum absolute atomic E-state index is 3.63. The number of halogens is 1. The summed E-state index contributed by atoms with van der Waals surface area (Å²) in [5.74, 6) is 1.63. The monoisotopic (exact) mass is 307 g/mol. The molecule has 0 heterocycles. The van der Waals surface area contributed by atoms with Crippen molar-refractivity contribution in [2.45, 2.75) is 38.5 Å². The van der Waals surface area contributed by atoms with Crippen molar-refractivity contribution >= 4 is 15.9 Å². The normalized spacial score (nSPS) is 29.0. The van der Waals surface area contributed by atoms with E-state index in [2.05, 4.69) is 53.3 Å². The highest BCUT2D eigenvalue weighted by Crippen LogP contribution is 2.61. The molecule has 2 unspecified atom stereocenters. The van der Waals surface area contributed by atoms with Crippen LogP contribution in [-0.2, 0) is 11.8 Å². The molecule has 1 aromatic carbocycles. The van der Waals surface area contributed by atoms with Gasteiger partial charge in [0, 0.05) is 9.89 Å². The molecule has 2 heteroatoms. The lowest BCUT2D eigenvalue weighted by Gasteiger charge is -2.13. The number of benzene rings is 1. The van der Waals surface area contributed by atoms with Crippen LogP contribution >= 0.6 is 15.9 Å². The van der Waals surface area contributed by atoms with Crippen molar-refractivity contribution in [3.05, 3.63) is 33.8 Å². The molecule has 98 valence electrons. The predicted octanol–water partition coefficient (Wildman–Crippen LogP) is 3.90. The maximum atomic E-state index is 3.63. The minimum absolute atomic E-state index is 0.542. The van der Waals surface area contributed by atoms with E-state index in [4.69, 9.17) is 0 Å². The molecule has 1 spiro atoms. The fourth-order valence-corrected chi connectivity index (χ4v) is 3.99. The Morgan fingerprint density at radius 1 is 1.44 bits per heavy atom. The lowest BCUT2D eigenvalue weighted by molar-refractivity contribution is 0.503. The van der Waals surface area contributed by atoms with Gasteiger partial charge in [-0.15, -0.1) is 0 Å². The lowest BCUT2D eigenvalue weighted by atomic mass is 9.95. The molecule has 3 rings (SSSR count). The minimum Gasteiger partial charge on any atom is -0.316 e. The Morgan fingerprint density at radius 3 is 3.06 bits per heavy atom. The zero-order valence-electron chi connectivity index (χ0n) is 11.3. The molecule has 2 aliphatic carbocycles. The zero-order chi connectivity index (χ0) is 12.8. The molecule has 1 aromatic rings. The van der Waals surface area contributed by atoms with Gasteiger partial charge < -0.3 is 5.32 Å². The van der Waals surface area contributed by atoms with Crippen molar-refractivity contribution in [3.8, 4) is 0 Å². The summed E-state index contributed by atoms with van der Waals surface area (Å²) in [5, 5.41) is 3.63. The first kappa shape index (κ1) is 12.7. The third-order valence-electron chi connectivity index (χ3n) is 4.62. The molecule has 0 aliphatic heterocycles. The van der Waals surface area contributed by atoms with Gasteiger partial charge in [0.15, 0.2) is 0 Å². The van der Waals surface area contributed by atoms with E-state index >= 15 is 0 Å². The van der Waals surface area contributed by atoms with Gasteiger partial charge in [-0.3, -0.25) is 0 Å². The molecule has 0 amide bonds. The molecular weight excluding hydrogens is 286 g/mol. The average molecular weight is 308 g/mol. The molecule has 1 N–H and O–H groups in total. The van der Waals surface area contributed by atoms with E-state index < -0.39 is 0 Å². The van der Waals surface area contributed by atoms with Gasteiger partial charge in [-0.05, 0) is 67.4 Å². The first-order valence-electron chi connectivity index (χ1n) is 7.11. The van der Waals surface area contributed by atoms with Crippen LogP contribution in [0.15, 0.2) is 22.7 Å². The van der Waals surface area contributed by atoms with E-state index in [1.165, 1.54) is 30.3 Å². The second-order valence-electron chi connectivity index (χ2n) is 6.41. The van der Waals surface area contributed by atoms with E-state index in [0.717, 1.165) is 18.4 Å². The summed E-state index contributed by atoms with van der Waals surface area (Å²) in [6.07, 6.45) is 4.04. The summed E-state index contributed by atoms with van der Waals surface area (Å²) < 4.78 is 1.23. The molecule has 0 bridgehead atoms. The number of fused-ring (bicyclic) bond motifs is 2. The third kappa shape index (κ3) is 2.14. The maximum Gasteiger partial charge on any atom is 0.0178 e. The second kappa shape index (κ2) is 4.64. The van der Waals surface area contributed by atoms with Crippen molar-refractivity contribution in [2.24, 2.45) is 11.8 Å². The van der Waals surface area contributed by atoms with Gasteiger partial charge >= 0.3 is 0 Å². The van der Waals surface area contributed by atoms with Gasteiger partial charge in [-0.2, -0.15) is 0 Å². The quantitative estimate of drug-likeness (QED) is 0.889. The van der Waals surface area contributed by atoms with E-state index in [9.17, 15) is 0 Å². The minimum atomic E-state index is 0.542. The number of hydrogen-bond acceptors (Lipinski definition) is 1. The van der Waals surface area contributed by atoms with Crippen LogP contribution in [0.3, 0.4) is 0 Å². The SMILES string of the molecule is CC(C)CNCC1CC12CCc1cc(Br)ccc12. The first-order valence-corrected chi connectivity index (χ1v) is 7.91. The number of aryl methyl sites for hydroxylation is 1. The summed E-state index contributed by atoms with van der Waals surface area (Å²) in [6.45, 7) is 6.91. The standard InChI is InChI=1S/C16H22BrN/c1-11(2)9-18-10-13-8-16(13)6-5-12-7-14(17)3-4-15(12)16/h3-4,7,11,13,18H,5-6,8-10H2,1-2H3. The summed E-state index contributed by atoms with van der Waals surface area (Å²) in [7, 11) is 0. The Labute approximate surface area is 118 Å². The average Bonchev–Trinajstić information content (AvgIpc) is 2.88. The van der Waals surface area contributed by atoms with Crippen molar-refractivity contribution in [2.75, 3.05) is 13.1 Å². The topological polar surface area (TPSA) is 12.0 Å². The first-order chi connectivity index (χ1) is 8.62. The summed E-state index contributed by atoms with van der Waals surface area (Å²) >= 11 is 3.58. The fourth-order valence-electron chi connectivity index (χ4n) is 3.58. The van der Waals surface area contributed by atoms with Crippen LogP contribution in [0.4, 0.5) is 0 Å². The molecule has 2 atom stereocenters. The highest BCUT2D eigenvalue weighted by Gasteiger charge is 2.57. The van der Waals surface area contributed by atoms with Crippen LogP contribution in [-0.4, -0.2) is 13.1 Å². The number of rotatable bonds is 4. The molecule has 1 saturated carbocycles. The Bertz CT molecular complexity index is 454. The summed E-state index contributed by atoms with van der Waals surface area (Å²) in [6, 6.07) is 6.89. The molecule has 0 saturated heterocycles. The molecule has 1 fully saturated rings. The molecular formula is C16H22BrN. The van der Waals surface area contributed by atoms with Crippen molar-refractivity contribution in [1.29, 1.82) is 0 Å². The molecule has 18 heavy (non-hydrogen) atoms. The largest absolute Gasteiger partial charge is 0.316 e. The molecule has 0 aromatic heterocycles. The van der Waals surface area contributed by atoms with E-state index in [1.54, 1.807) is 11.1 Å². The van der Waals surface area contributed by atoms with Crippen LogP contribution in [0.2, 0.25) is 0 Å². The Balaban J connectivity index is 1.67. The molecule has 2 aliphatic rings. The van der Waals surface area contributed by atoms with Gasteiger partial charge in [0.1, 0.15) is 0 Å². The van der Waals surface area contributed by atoms with Crippen LogP contribution < -0.4 is 5.32 Å². The Morgan fingerprint density at radius 2 is 2.28 bits per heavy atom. The zero-order valence-corrected chi connectivity index (χ0v) is 12.9. The predicted molar refractivity (Wildman–Crippen MR) is 80.0 cm³/mol. The van der Waals surface area contributed by atoms with Gasteiger partial charge in [-0.1, -0.05) is 35.8 Å². The fraction of sp³-hybridized carbons (Fsp3) is 0.625. The van der Waals surface area contributed by atoms with Gasteiger partial charge in [0.2, 0.25) is 0 Å². The summed E-state index contributed by atoms with van der Waals surface area (Å²) in [5.41, 5.74) is 3.76. The van der Waals surface area contributed by atoms with Crippen molar-refractivity contribution in [3.63, 3.8) is 0 Å². The highest BCUT2D eigenvalue weighted by atomic mass is 79.9. The number of hydrogen-bond donors (Lipinski definition) is 1. The van der Waals surface area contributed by atoms with E-state index in [-0.39, 0.29) is 0 Å². The van der Waals surface area contributed by atoms with Crippen molar-refractivity contribution in [1.82, 2.24) is 5.32 Å². The Hall–Kier alpha value is -0.340. The third-order valence-corrected chi connectivity index (χ3v) is 5.11. The van der Waals surface area contributed by atoms with Gasteiger partial charge in [-0.25, -0.2) is 0 Å². The van der Waals surface area contributed by atoms with Crippen LogP contribution in [0.1, 0.15) is 37.8 Å². The lowest BCUT2D eigenvalue weighted by Crippen LogP contribution is -2.24. The summed E-state index contributed by atoms with van der Waals surface area (Å²) in [4.78, 5) is 0. The van der Waals surface area contributed by atoms with Gasteiger partial charge in [0.25, 0.3) is 0 Å². The number of nitrogens with one attached hydrogen (secondary N) is 1. The molecule has 0 radical (unpaired) electrons. The van der Waals surface area contributed by atoms with E-state index in [1.807, 2.05) is 0 Å². The highest BCUT2D eigenvalue weighted by molar-refractivity contribution is 9.10. The smallest absolute Gasteiger partial charge is 0.0178 e. The van der Waals surface area contributed by atoms with Gasteiger partial charge in [0.05, 0.1) is 0 Å². The van der Waals surface area contributed by atoms with Crippen LogP contribution in [0.25, 0.3) is 0 Å².